The van der Waals surface area contributed by atoms with Gasteiger partial charge in [-0.3, -0.25) is 9.69 Å². The molecule has 6 heteroatoms. The molecule has 1 aliphatic rings. The van der Waals surface area contributed by atoms with Crippen molar-refractivity contribution >= 4 is 23.3 Å². The molecule has 0 N–H and O–H groups in total. The summed E-state index contributed by atoms with van der Waals surface area (Å²) in [7, 11) is 0. The number of alkyl halides is 2. The van der Waals surface area contributed by atoms with E-state index in [0.29, 0.717) is 12.8 Å². The Hall–Kier alpha value is -1.82. The topological polar surface area (TPSA) is 29.5 Å². The fourth-order valence-electron chi connectivity index (χ4n) is 5.35. The van der Waals surface area contributed by atoms with Gasteiger partial charge in [-0.2, -0.15) is 0 Å². The number of nitrogens with zero attached hydrogens (tertiary/aromatic N) is 1. The monoisotopic (exact) mass is 535 g/mol. The van der Waals surface area contributed by atoms with Crippen LogP contribution < -0.4 is 0 Å². The van der Waals surface area contributed by atoms with Crippen LogP contribution in [-0.2, 0) is 15.1 Å². The highest BCUT2D eigenvalue weighted by Crippen LogP contribution is 2.42. The molecule has 0 aliphatic carbocycles. The number of unbranched alkanes of at least 4 members (excludes halogenated alkanes) is 8. The predicted octanol–water partition coefficient (Wildman–Crippen LogP) is 9.35. The first-order valence-corrected chi connectivity index (χ1v) is 14.7. The molecule has 1 unspecified atom stereocenters. The van der Waals surface area contributed by atoms with Gasteiger partial charge in [-0.25, -0.2) is 8.78 Å². The Balaban J connectivity index is 1.70. The Morgan fingerprint density at radius 2 is 1.62 bits per heavy atom. The molecule has 208 valence electrons. The third kappa shape index (κ3) is 9.77. The second-order valence-electron chi connectivity index (χ2n) is 10.9. The number of carbonyl (C=O) groups excluding carboxylic acids is 1. The summed E-state index contributed by atoms with van der Waals surface area (Å²) in [6.45, 7) is 8.31. The number of rotatable bonds is 17. The molecule has 1 aromatic carbocycles. The van der Waals surface area contributed by atoms with Crippen LogP contribution in [0.5, 0.6) is 0 Å². The van der Waals surface area contributed by atoms with Crippen LogP contribution in [0.1, 0.15) is 117 Å². The first-order valence-electron chi connectivity index (χ1n) is 14.3. The van der Waals surface area contributed by atoms with Crippen molar-refractivity contribution in [3.63, 3.8) is 0 Å². The molecule has 1 saturated heterocycles. The predicted molar refractivity (Wildman–Crippen MR) is 153 cm³/mol. The molecule has 0 radical (unpaired) electrons. The van der Waals surface area contributed by atoms with Crippen LogP contribution in [-0.4, -0.2) is 27.9 Å². The summed E-state index contributed by atoms with van der Waals surface area (Å²) in [6.07, 6.45) is 13.2. The number of carbonyl (C=O) groups is 1. The molecular weight excluding hydrogens is 488 g/mol. The van der Waals surface area contributed by atoms with Crippen molar-refractivity contribution in [2.24, 2.45) is 5.92 Å². The Morgan fingerprint density at radius 1 is 1.03 bits per heavy atom. The normalized spacial score (nSPS) is 20.2. The zero-order valence-electron chi connectivity index (χ0n) is 23.3. The quantitative estimate of drug-likeness (QED) is 0.113. The van der Waals surface area contributed by atoms with Gasteiger partial charge in [-0.15, -0.1) is 0 Å². The van der Waals surface area contributed by atoms with Gasteiger partial charge in [0.05, 0.1) is 6.04 Å². The van der Waals surface area contributed by atoms with E-state index in [2.05, 4.69) is 20.8 Å². The number of amides is 1. The Kier molecular flexibility index (Phi) is 13.2. The molecule has 0 saturated carbocycles. The second kappa shape index (κ2) is 15.6. The number of hydrogen-bond donors (Lipinski definition) is 0. The Morgan fingerprint density at radius 3 is 2.22 bits per heavy atom. The van der Waals surface area contributed by atoms with Crippen LogP contribution in [0.4, 0.5) is 8.78 Å². The van der Waals surface area contributed by atoms with Gasteiger partial charge in [-0.1, -0.05) is 102 Å². The van der Waals surface area contributed by atoms with Gasteiger partial charge in [0, 0.05) is 19.3 Å². The first-order chi connectivity index (χ1) is 17.6. The molecule has 3 nitrogen and oxygen atoms in total. The fourth-order valence-corrected chi connectivity index (χ4v) is 5.74. The molecule has 0 spiro atoms. The minimum absolute atomic E-state index is 0.00184. The van der Waals surface area contributed by atoms with Crippen molar-refractivity contribution in [2.75, 3.05) is 0 Å². The maximum atomic E-state index is 14.0. The standard InChI is InChI=1S/C31H47F2NO2S/c1-5-6-7-12-18-23-31(32,33)24-19-13-10-8-9-11-17-22-27(35)34-28(25(2)3)30(4,36-29(34)37)26-20-15-14-16-21-26/h11,14-17,20-21,25,28H,5-10,12-13,18-19,22-24H2,1-4H3/b17-11+/t28-,30?/m0/s1. The van der Waals surface area contributed by atoms with Crippen LogP contribution in [0.15, 0.2) is 42.5 Å². The summed E-state index contributed by atoms with van der Waals surface area (Å²) in [6, 6.07) is 9.75. The summed E-state index contributed by atoms with van der Waals surface area (Å²) in [5.74, 6) is -2.42. The molecule has 37 heavy (non-hydrogen) atoms. The molecule has 2 rings (SSSR count). The van der Waals surface area contributed by atoms with Crippen molar-refractivity contribution in [2.45, 2.75) is 129 Å². The van der Waals surface area contributed by atoms with E-state index in [9.17, 15) is 13.6 Å². The Labute approximate surface area is 229 Å². The highest BCUT2D eigenvalue weighted by Gasteiger charge is 2.53. The summed E-state index contributed by atoms with van der Waals surface area (Å²) in [5, 5.41) is 0.237. The maximum absolute atomic E-state index is 14.0. The molecule has 1 aliphatic heterocycles. The number of halogens is 2. The largest absolute Gasteiger partial charge is 0.457 e. The highest BCUT2D eigenvalue weighted by molar-refractivity contribution is 7.80. The van der Waals surface area contributed by atoms with Crippen LogP contribution in [0.25, 0.3) is 0 Å². The van der Waals surface area contributed by atoms with Gasteiger partial charge in [0.1, 0.15) is 0 Å². The van der Waals surface area contributed by atoms with Crippen molar-refractivity contribution in [3.8, 4) is 0 Å². The fraction of sp³-hybridized carbons (Fsp3) is 0.677. The average molecular weight is 536 g/mol. The van der Waals surface area contributed by atoms with Crippen LogP contribution in [0.2, 0.25) is 0 Å². The van der Waals surface area contributed by atoms with E-state index in [4.69, 9.17) is 17.0 Å². The van der Waals surface area contributed by atoms with Gasteiger partial charge < -0.3 is 4.74 Å². The minimum Gasteiger partial charge on any atom is -0.457 e. The van der Waals surface area contributed by atoms with Crippen molar-refractivity contribution in [3.05, 3.63) is 48.0 Å². The molecule has 1 fully saturated rings. The molecule has 2 atom stereocenters. The van der Waals surface area contributed by atoms with Crippen LogP contribution >= 0.6 is 12.2 Å². The average Bonchev–Trinajstić information content (AvgIpc) is 3.14. The van der Waals surface area contributed by atoms with E-state index in [0.717, 1.165) is 56.9 Å². The summed E-state index contributed by atoms with van der Waals surface area (Å²) in [5.41, 5.74) is 0.323. The van der Waals surface area contributed by atoms with Gasteiger partial charge in [0.2, 0.25) is 11.8 Å². The molecule has 1 aromatic rings. The van der Waals surface area contributed by atoms with E-state index in [1.165, 1.54) is 0 Å². The van der Waals surface area contributed by atoms with Gasteiger partial charge in [0.15, 0.2) is 5.60 Å². The third-order valence-corrected chi connectivity index (χ3v) is 7.63. The van der Waals surface area contributed by atoms with Gasteiger partial charge in [0.25, 0.3) is 5.17 Å². The van der Waals surface area contributed by atoms with E-state index < -0.39 is 11.5 Å². The van der Waals surface area contributed by atoms with Crippen molar-refractivity contribution in [1.82, 2.24) is 4.90 Å². The minimum atomic E-state index is -2.52. The number of thiocarbonyl (C=S) groups is 1. The highest BCUT2D eigenvalue weighted by atomic mass is 32.1. The van der Waals surface area contributed by atoms with E-state index in [1.54, 1.807) is 4.90 Å². The lowest BCUT2D eigenvalue weighted by Crippen LogP contribution is -2.47. The molecule has 0 bridgehead atoms. The molecule has 0 aromatic heterocycles. The van der Waals surface area contributed by atoms with E-state index in [-0.39, 0.29) is 42.3 Å². The molecular formula is C31H47F2NO2S. The third-order valence-electron chi connectivity index (χ3n) is 7.35. The SMILES string of the molecule is CCCCCCCC(F)(F)CCCCCC/C=C/CC(=O)N1C(=S)OC(C)(c2ccccc2)[C@@H]1C(C)C. The van der Waals surface area contributed by atoms with E-state index >= 15 is 0 Å². The van der Waals surface area contributed by atoms with E-state index in [1.807, 2.05) is 49.4 Å². The first kappa shape index (κ1) is 31.4. The van der Waals surface area contributed by atoms with Gasteiger partial charge >= 0.3 is 0 Å². The number of ether oxygens (including phenoxy) is 1. The molecule has 1 heterocycles. The lowest BCUT2D eigenvalue weighted by molar-refractivity contribution is -0.129. The number of hydrogen-bond acceptors (Lipinski definition) is 3. The lowest BCUT2D eigenvalue weighted by atomic mass is 9.82. The zero-order chi connectivity index (χ0) is 27.3. The van der Waals surface area contributed by atoms with Crippen molar-refractivity contribution in [1.29, 1.82) is 0 Å². The van der Waals surface area contributed by atoms with Gasteiger partial charge in [-0.05, 0) is 56.3 Å². The summed E-state index contributed by atoms with van der Waals surface area (Å²) >= 11 is 5.49. The smallest absolute Gasteiger partial charge is 0.267 e. The lowest BCUT2D eigenvalue weighted by Gasteiger charge is -2.34. The van der Waals surface area contributed by atoms with Crippen molar-refractivity contribution < 1.29 is 18.3 Å². The zero-order valence-corrected chi connectivity index (χ0v) is 24.1. The summed E-state index contributed by atoms with van der Waals surface area (Å²) in [4.78, 5) is 14.8. The molecule has 1 amide bonds. The Bertz CT molecular complexity index is 858. The maximum Gasteiger partial charge on any atom is 0.267 e. The second-order valence-corrected chi connectivity index (χ2v) is 11.3. The number of benzene rings is 1. The summed E-state index contributed by atoms with van der Waals surface area (Å²) < 4.78 is 34.1. The van der Waals surface area contributed by atoms with Crippen LogP contribution in [0.3, 0.4) is 0 Å². The van der Waals surface area contributed by atoms with Crippen LogP contribution in [0, 0.1) is 5.92 Å². The number of allylic oxidation sites excluding steroid dienone is 1.